The van der Waals surface area contributed by atoms with Gasteiger partial charge >= 0.3 is 0 Å². The summed E-state index contributed by atoms with van der Waals surface area (Å²) in [6.45, 7) is 5.00. The predicted octanol–water partition coefficient (Wildman–Crippen LogP) is 2.70. The van der Waals surface area contributed by atoms with Gasteiger partial charge in [-0.15, -0.1) is 0 Å². The zero-order chi connectivity index (χ0) is 19.7. The number of nitrogens with one attached hydrogen (secondary N) is 3. The van der Waals surface area contributed by atoms with E-state index >= 15 is 0 Å². The minimum absolute atomic E-state index is 0.0201. The lowest BCUT2D eigenvalue weighted by atomic mass is 9.99. The van der Waals surface area contributed by atoms with Gasteiger partial charge in [0.1, 0.15) is 0 Å². The molecule has 1 amide bonds. The van der Waals surface area contributed by atoms with Gasteiger partial charge in [-0.25, -0.2) is 5.01 Å². The lowest BCUT2D eigenvalue weighted by Gasteiger charge is -2.40. The number of rotatable bonds is 3. The largest absolute Gasteiger partial charge is 0.326 e. The van der Waals surface area contributed by atoms with Crippen molar-refractivity contribution in [1.29, 1.82) is 5.26 Å². The molecular formula is C22H25N5O. The average Bonchev–Trinajstić information content (AvgIpc) is 3.13. The van der Waals surface area contributed by atoms with Crippen molar-refractivity contribution >= 4 is 11.6 Å². The van der Waals surface area contributed by atoms with E-state index in [1.807, 2.05) is 42.5 Å². The molecule has 6 heteroatoms. The molecule has 2 heterocycles. The first kappa shape index (κ1) is 18.6. The second kappa shape index (κ2) is 7.72. The normalized spacial score (nSPS) is 27.0. The molecule has 2 aromatic carbocycles. The van der Waals surface area contributed by atoms with E-state index in [9.17, 15) is 4.79 Å². The molecule has 0 aromatic heterocycles. The summed E-state index contributed by atoms with van der Waals surface area (Å²) in [6, 6.07) is 18.2. The molecule has 4 rings (SSSR count). The summed E-state index contributed by atoms with van der Waals surface area (Å²) in [5.74, 6) is -0.120. The van der Waals surface area contributed by atoms with Crippen LogP contribution in [0.15, 0.2) is 48.5 Å². The van der Waals surface area contributed by atoms with Crippen molar-refractivity contribution in [2.24, 2.45) is 5.92 Å². The molecule has 0 radical (unpaired) electrons. The van der Waals surface area contributed by atoms with Crippen molar-refractivity contribution in [2.75, 3.05) is 11.9 Å². The summed E-state index contributed by atoms with van der Waals surface area (Å²) in [4.78, 5) is 12.9. The van der Waals surface area contributed by atoms with Crippen molar-refractivity contribution in [3.63, 3.8) is 0 Å². The number of fused-ring (bicyclic) bond motifs is 1. The number of anilines is 1. The number of hydrogen-bond acceptors (Lipinski definition) is 5. The number of carbonyl (C=O) groups is 1. The van der Waals surface area contributed by atoms with Crippen LogP contribution in [0.1, 0.15) is 25.8 Å². The van der Waals surface area contributed by atoms with Crippen LogP contribution in [0.2, 0.25) is 0 Å². The van der Waals surface area contributed by atoms with Gasteiger partial charge in [0.05, 0.1) is 23.7 Å². The molecule has 2 aliphatic rings. The Morgan fingerprint density at radius 2 is 1.96 bits per heavy atom. The second-order valence-electron chi connectivity index (χ2n) is 7.73. The smallest absolute Gasteiger partial charge is 0.231 e. The highest BCUT2D eigenvalue weighted by Gasteiger charge is 2.44. The number of carbonyl (C=O) groups excluding carboxylic acids is 1. The monoisotopic (exact) mass is 375 g/mol. The summed E-state index contributed by atoms with van der Waals surface area (Å²) >= 11 is 0. The zero-order valence-corrected chi connectivity index (χ0v) is 16.1. The fourth-order valence-electron chi connectivity index (χ4n) is 4.20. The van der Waals surface area contributed by atoms with E-state index in [1.54, 1.807) is 6.07 Å². The third-order valence-electron chi connectivity index (χ3n) is 5.61. The van der Waals surface area contributed by atoms with Crippen LogP contribution in [0.3, 0.4) is 0 Å². The van der Waals surface area contributed by atoms with Crippen LogP contribution in [0.4, 0.5) is 5.69 Å². The number of amides is 1. The summed E-state index contributed by atoms with van der Waals surface area (Å²) in [5, 5.41) is 17.8. The van der Waals surface area contributed by atoms with Crippen LogP contribution < -0.4 is 16.1 Å². The van der Waals surface area contributed by atoms with Gasteiger partial charge < -0.3 is 5.32 Å². The maximum absolute atomic E-state index is 12.9. The van der Waals surface area contributed by atoms with Crippen molar-refractivity contribution in [1.82, 2.24) is 15.8 Å². The van der Waals surface area contributed by atoms with E-state index in [4.69, 9.17) is 5.26 Å². The van der Waals surface area contributed by atoms with Crippen LogP contribution in [-0.2, 0) is 4.79 Å². The van der Waals surface area contributed by atoms with Crippen LogP contribution in [0, 0.1) is 17.2 Å². The van der Waals surface area contributed by atoms with Crippen molar-refractivity contribution < 1.29 is 4.79 Å². The van der Waals surface area contributed by atoms with Gasteiger partial charge in [0.15, 0.2) is 0 Å². The molecule has 144 valence electrons. The fraction of sp³-hybridized carbons (Fsp3) is 0.364. The van der Waals surface area contributed by atoms with Crippen molar-refractivity contribution in [3.05, 3.63) is 54.1 Å². The minimum Gasteiger partial charge on any atom is -0.326 e. The van der Waals surface area contributed by atoms with Gasteiger partial charge in [-0.3, -0.25) is 15.5 Å². The molecule has 6 nitrogen and oxygen atoms in total. The summed E-state index contributed by atoms with van der Waals surface area (Å²) in [5.41, 5.74) is 6.79. The number of benzene rings is 2. The first-order valence-corrected chi connectivity index (χ1v) is 9.74. The molecule has 0 bridgehead atoms. The van der Waals surface area contributed by atoms with Gasteiger partial charge in [0, 0.05) is 24.3 Å². The van der Waals surface area contributed by atoms with Crippen LogP contribution in [0.25, 0.3) is 11.1 Å². The molecule has 4 atom stereocenters. The van der Waals surface area contributed by atoms with Gasteiger partial charge in [-0.2, -0.15) is 5.26 Å². The maximum atomic E-state index is 12.9. The highest BCUT2D eigenvalue weighted by Crippen LogP contribution is 2.26. The van der Waals surface area contributed by atoms with E-state index in [1.165, 1.54) is 0 Å². The second-order valence-corrected chi connectivity index (χ2v) is 7.73. The molecular weight excluding hydrogens is 350 g/mol. The lowest BCUT2D eigenvalue weighted by molar-refractivity contribution is -0.121. The summed E-state index contributed by atoms with van der Waals surface area (Å²) in [6.07, 6.45) is 1.08. The summed E-state index contributed by atoms with van der Waals surface area (Å²) in [7, 11) is 0. The Hall–Kier alpha value is -2.72. The molecule has 0 aliphatic carbocycles. The Bertz CT molecular complexity index is 904. The average molecular weight is 375 g/mol. The van der Waals surface area contributed by atoms with Gasteiger partial charge in [0.2, 0.25) is 5.91 Å². The molecule has 3 N–H and O–H groups in total. The summed E-state index contributed by atoms with van der Waals surface area (Å²) < 4.78 is 0. The van der Waals surface area contributed by atoms with E-state index in [0.29, 0.717) is 24.2 Å². The molecule has 2 fully saturated rings. The molecule has 0 spiro atoms. The molecule has 2 aromatic rings. The Morgan fingerprint density at radius 3 is 2.71 bits per heavy atom. The maximum Gasteiger partial charge on any atom is 0.231 e. The predicted molar refractivity (Wildman–Crippen MR) is 109 cm³/mol. The van der Waals surface area contributed by atoms with E-state index in [-0.39, 0.29) is 18.0 Å². The third kappa shape index (κ3) is 3.65. The fourth-order valence-corrected chi connectivity index (χ4v) is 4.20. The lowest BCUT2D eigenvalue weighted by Crippen LogP contribution is -2.60. The van der Waals surface area contributed by atoms with Crippen molar-refractivity contribution in [3.8, 4) is 17.2 Å². The molecule has 4 unspecified atom stereocenters. The Labute approximate surface area is 165 Å². The van der Waals surface area contributed by atoms with Gasteiger partial charge in [-0.1, -0.05) is 24.3 Å². The van der Waals surface area contributed by atoms with Crippen LogP contribution >= 0.6 is 0 Å². The van der Waals surface area contributed by atoms with E-state index in [0.717, 1.165) is 23.2 Å². The molecule has 2 aliphatic heterocycles. The van der Waals surface area contributed by atoms with Gasteiger partial charge in [0.25, 0.3) is 0 Å². The molecule has 0 saturated carbocycles. The highest BCUT2D eigenvalue weighted by molar-refractivity contribution is 5.93. The van der Waals surface area contributed by atoms with Crippen LogP contribution in [0.5, 0.6) is 0 Å². The number of hydrazine groups is 1. The first-order chi connectivity index (χ1) is 13.5. The minimum atomic E-state index is -0.141. The number of nitriles is 1. The number of nitrogens with zero attached hydrogens (tertiary/aromatic N) is 2. The SMILES string of the molecule is CC1CC(C)N2NCC(C(=O)Nc3ccc(-c4cccc(C#N)c4)cc3)C2N1. The van der Waals surface area contributed by atoms with Crippen LogP contribution in [-0.4, -0.2) is 35.7 Å². The standard InChI is InChI=1S/C22H25N5O/c1-14-10-15(2)27-21(25-14)20(13-24-27)22(28)26-19-8-6-17(7-9-19)18-5-3-4-16(11-18)12-23/h3-9,11,14-15,20-21,24-25H,10,13H2,1-2H3,(H,26,28). The van der Waals surface area contributed by atoms with Gasteiger partial charge in [-0.05, 0) is 55.7 Å². The highest BCUT2D eigenvalue weighted by atomic mass is 16.2. The van der Waals surface area contributed by atoms with Crippen molar-refractivity contribution in [2.45, 2.75) is 38.5 Å². The molecule has 28 heavy (non-hydrogen) atoms. The Kier molecular flexibility index (Phi) is 5.14. The topological polar surface area (TPSA) is 80.2 Å². The third-order valence-corrected chi connectivity index (χ3v) is 5.61. The first-order valence-electron chi connectivity index (χ1n) is 9.74. The number of hydrogen-bond donors (Lipinski definition) is 3. The van der Waals surface area contributed by atoms with E-state index in [2.05, 4.69) is 41.0 Å². The molecule has 2 saturated heterocycles. The quantitative estimate of drug-likeness (QED) is 0.769. The van der Waals surface area contributed by atoms with E-state index < -0.39 is 0 Å². The zero-order valence-electron chi connectivity index (χ0n) is 16.1. The Balaban J connectivity index is 1.44. The Morgan fingerprint density at radius 1 is 1.18 bits per heavy atom.